The van der Waals surface area contributed by atoms with Gasteiger partial charge in [-0.05, 0) is 39.7 Å². The van der Waals surface area contributed by atoms with Gasteiger partial charge in [0, 0.05) is 30.4 Å². The Kier molecular flexibility index (Phi) is 4.68. The summed E-state index contributed by atoms with van der Waals surface area (Å²) in [6.45, 7) is 8.24. The molecule has 1 aliphatic heterocycles. The quantitative estimate of drug-likeness (QED) is 0.616. The van der Waals surface area contributed by atoms with E-state index < -0.39 is 10.5 Å². The van der Waals surface area contributed by atoms with Gasteiger partial charge in [0.2, 0.25) is 0 Å². The number of ether oxygens (including phenoxy) is 1. The molecule has 0 aliphatic carbocycles. The van der Waals surface area contributed by atoms with Crippen molar-refractivity contribution in [3.63, 3.8) is 0 Å². The van der Waals surface area contributed by atoms with Crippen LogP contribution in [0, 0.1) is 17.0 Å². The van der Waals surface area contributed by atoms with Crippen LogP contribution in [0.25, 0.3) is 5.57 Å². The molecule has 1 aliphatic rings. The first-order valence-electron chi connectivity index (χ1n) is 7.46. The summed E-state index contributed by atoms with van der Waals surface area (Å²) < 4.78 is 5.35. The fourth-order valence-electron chi connectivity index (χ4n) is 2.35. The lowest BCUT2D eigenvalue weighted by Crippen LogP contribution is -2.39. The van der Waals surface area contributed by atoms with E-state index in [-0.39, 0.29) is 11.8 Å². The number of aromatic nitrogens is 1. The van der Waals surface area contributed by atoms with Gasteiger partial charge in [-0.25, -0.2) is 4.79 Å². The second-order valence-electron chi connectivity index (χ2n) is 6.49. The van der Waals surface area contributed by atoms with Crippen molar-refractivity contribution < 1.29 is 14.5 Å². The zero-order valence-electron chi connectivity index (χ0n) is 13.8. The first kappa shape index (κ1) is 16.9. The number of nitrogens with zero attached hydrogens (tertiary/aromatic N) is 3. The van der Waals surface area contributed by atoms with E-state index in [2.05, 4.69) is 4.98 Å². The Balaban J connectivity index is 2.15. The minimum absolute atomic E-state index is 0.0268. The molecule has 0 unspecified atom stereocenters. The van der Waals surface area contributed by atoms with Gasteiger partial charge in [-0.15, -0.1) is 0 Å². The first-order chi connectivity index (χ1) is 10.7. The summed E-state index contributed by atoms with van der Waals surface area (Å²) in [6, 6.07) is 1.54. The number of amides is 1. The SMILES string of the molecule is Cc1ncc([N+](=O)[O-])cc1C1=CCN(C(=O)OC(C)(C)C)CC1. The van der Waals surface area contributed by atoms with E-state index >= 15 is 0 Å². The number of rotatable bonds is 2. The minimum Gasteiger partial charge on any atom is -0.444 e. The third kappa shape index (κ3) is 4.28. The normalized spacial score (nSPS) is 15.1. The van der Waals surface area contributed by atoms with Gasteiger partial charge in [0.05, 0.1) is 4.92 Å². The lowest BCUT2D eigenvalue weighted by Gasteiger charge is -2.29. The lowest BCUT2D eigenvalue weighted by molar-refractivity contribution is -0.385. The Labute approximate surface area is 135 Å². The largest absolute Gasteiger partial charge is 0.444 e. The molecular weight excluding hydrogens is 298 g/mol. The third-order valence-electron chi connectivity index (χ3n) is 3.49. The summed E-state index contributed by atoms with van der Waals surface area (Å²) in [6.07, 6.45) is 3.43. The zero-order chi connectivity index (χ0) is 17.2. The van der Waals surface area contributed by atoms with Crippen molar-refractivity contribution >= 4 is 17.4 Å². The molecule has 0 bridgehead atoms. The smallest absolute Gasteiger partial charge is 0.410 e. The molecule has 1 aromatic heterocycles. The predicted molar refractivity (Wildman–Crippen MR) is 86.0 cm³/mol. The van der Waals surface area contributed by atoms with E-state index in [1.54, 1.807) is 4.90 Å². The van der Waals surface area contributed by atoms with Crippen LogP contribution in [0.2, 0.25) is 0 Å². The van der Waals surface area contributed by atoms with Crippen LogP contribution >= 0.6 is 0 Å². The summed E-state index contributed by atoms with van der Waals surface area (Å²) in [5.41, 5.74) is 1.93. The summed E-state index contributed by atoms with van der Waals surface area (Å²) in [5, 5.41) is 10.9. The van der Waals surface area contributed by atoms with Crippen molar-refractivity contribution in [2.45, 2.75) is 39.7 Å². The number of aryl methyl sites for hydroxylation is 1. The van der Waals surface area contributed by atoms with Gasteiger partial charge < -0.3 is 9.64 Å². The van der Waals surface area contributed by atoms with E-state index in [9.17, 15) is 14.9 Å². The molecule has 7 heteroatoms. The Morgan fingerprint density at radius 2 is 2.13 bits per heavy atom. The Hall–Kier alpha value is -2.44. The Morgan fingerprint density at radius 3 is 2.65 bits per heavy atom. The summed E-state index contributed by atoms with van der Waals surface area (Å²) in [5.74, 6) is 0. The molecule has 1 aromatic rings. The van der Waals surface area contributed by atoms with Crippen molar-refractivity contribution in [3.8, 4) is 0 Å². The molecule has 0 spiro atoms. The van der Waals surface area contributed by atoms with Crippen LogP contribution < -0.4 is 0 Å². The Morgan fingerprint density at radius 1 is 1.43 bits per heavy atom. The summed E-state index contributed by atoms with van der Waals surface area (Å²) in [7, 11) is 0. The number of carbonyl (C=O) groups is 1. The van der Waals surface area contributed by atoms with Crippen LogP contribution in [0.5, 0.6) is 0 Å². The van der Waals surface area contributed by atoms with Crippen LogP contribution in [0.4, 0.5) is 10.5 Å². The topological polar surface area (TPSA) is 85.6 Å². The Bertz CT molecular complexity index is 662. The molecule has 0 radical (unpaired) electrons. The predicted octanol–water partition coefficient (Wildman–Crippen LogP) is 3.32. The van der Waals surface area contributed by atoms with E-state index in [0.717, 1.165) is 16.8 Å². The highest BCUT2D eigenvalue weighted by Gasteiger charge is 2.24. The van der Waals surface area contributed by atoms with Gasteiger partial charge in [0.1, 0.15) is 11.8 Å². The van der Waals surface area contributed by atoms with Gasteiger partial charge in [-0.1, -0.05) is 6.08 Å². The van der Waals surface area contributed by atoms with E-state index in [0.29, 0.717) is 19.5 Å². The first-order valence-corrected chi connectivity index (χ1v) is 7.46. The minimum atomic E-state index is -0.526. The van der Waals surface area contributed by atoms with Gasteiger partial charge in [-0.3, -0.25) is 15.1 Å². The zero-order valence-corrected chi connectivity index (χ0v) is 13.8. The van der Waals surface area contributed by atoms with Crippen LogP contribution in [0.3, 0.4) is 0 Å². The second kappa shape index (κ2) is 6.36. The highest BCUT2D eigenvalue weighted by molar-refractivity contribution is 5.74. The van der Waals surface area contributed by atoms with Crippen LogP contribution in [0.15, 0.2) is 18.3 Å². The molecule has 23 heavy (non-hydrogen) atoms. The number of hydrogen-bond donors (Lipinski definition) is 0. The molecule has 2 rings (SSSR count). The standard InChI is InChI=1S/C16H21N3O4/c1-11-14(9-13(10-17-11)19(21)22)12-5-7-18(8-6-12)15(20)23-16(2,3)4/h5,9-10H,6-8H2,1-4H3. The van der Waals surface area contributed by atoms with Crippen molar-refractivity contribution in [2.24, 2.45) is 0 Å². The number of hydrogen-bond acceptors (Lipinski definition) is 5. The van der Waals surface area contributed by atoms with Crippen molar-refractivity contribution in [2.75, 3.05) is 13.1 Å². The molecule has 0 aromatic carbocycles. The maximum absolute atomic E-state index is 12.0. The van der Waals surface area contributed by atoms with Gasteiger partial charge >= 0.3 is 6.09 Å². The average Bonchev–Trinajstić information content (AvgIpc) is 2.46. The van der Waals surface area contributed by atoms with Crippen molar-refractivity contribution in [1.29, 1.82) is 0 Å². The molecule has 0 saturated heterocycles. The fourth-order valence-corrected chi connectivity index (χ4v) is 2.35. The van der Waals surface area contributed by atoms with Crippen molar-refractivity contribution in [1.82, 2.24) is 9.88 Å². The van der Waals surface area contributed by atoms with Gasteiger partial charge in [0.15, 0.2) is 0 Å². The molecule has 7 nitrogen and oxygen atoms in total. The van der Waals surface area contributed by atoms with Gasteiger partial charge in [-0.2, -0.15) is 0 Å². The molecular formula is C16H21N3O4. The fraction of sp³-hybridized carbons (Fsp3) is 0.500. The van der Waals surface area contributed by atoms with E-state index in [4.69, 9.17) is 4.74 Å². The molecule has 0 atom stereocenters. The van der Waals surface area contributed by atoms with E-state index in [1.165, 1.54) is 12.3 Å². The monoisotopic (exact) mass is 319 g/mol. The van der Waals surface area contributed by atoms with Crippen LogP contribution in [0.1, 0.15) is 38.4 Å². The number of pyridine rings is 1. The molecule has 0 N–H and O–H groups in total. The number of carbonyl (C=O) groups excluding carboxylic acids is 1. The van der Waals surface area contributed by atoms with Crippen LogP contribution in [-0.4, -0.2) is 39.6 Å². The summed E-state index contributed by atoms with van der Waals surface area (Å²) >= 11 is 0. The van der Waals surface area contributed by atoms with Gasteiger partial charge in [0.25, 0.3) is 5.69 Å². The molecule has 124 valence electrons. The molecule has 1 amide bonds. The lowest BCUT2D eigenvalue weighted by atomic mass is 9.98. The molecule has 0 saturated carbocycles. The summed E-state index contributed by atoms with van der Waals surface area (Å²) in [4.78, 5) is 28.2. The highest BCUT2D eigenvalue weighted by atomic mass is 16.6. The second-order valence-corrected chi connectivity index (χ2v) is 6.49. The van der Waals surface area contributed by atoms with E-state index in [1.807, 2.05) is 33.8 Å². The maximum Gasteiger partial charge on any atom is 0.410 e. The van der Waals surface area contributed by atoms with Crippen LogP contribution in [-0.2, 0) is 4.74 Å². The third-order valence-corrected chi connectivity index (χ3v) is 3.49. The van der Waals surface area contributed by atoms with Crippen molar-refractivity contribution in [3.05, 3.63) is 39.7 Å². The molecule has 2 heterocycles. The number of nitro groups is 1. The molecule has 0 fully saturated rings. The average molecular weight is 319 g/mol. The highest BCUT2D eigenvalue weighted by Crippen LogP contribution is 2.27. The maximum atomic E-state index is 12.0.